The molecule has 0 spiro atoms. The second kappa shape index (κ2) is 5.42. The monoisotopic (exact) mass is 272 g/mol. The van der Waals surface area contributed by atoms with Crippen LogP contribution in [0, 0.1) is 0 Å². The zero-order chi connectivity index (χ0) is 13.9. The summed E-state index contributed by atoms with van der Waals surface area (Å²) in [7, 11) is 0. The maximum absolute atomic E-state index is 12.3. The maximum Gasteiger partial charge on any atom is 0.293 e. The van der Waals surface area contributed by atoms with Gasteiger partial charge in [-0.05, 0) is 25.0 Å². The van der Waals surface area contributed by atoms with E-state index in [4.69, 9.17) is 0 Å². The quantitative estimate of drug-likeness (QED) is 0.899. The molecule has 3 rings (SSSR count). The number of rotatable bonds is 3. The van der Waals surface area contributed by atoms with Crippen LogP contribution in [0.5, 0.6) is 0 Å². The predicted octanol–water partition coefficient (Wildman–Crippen LogP) is 0.864. The van der Waals surface area contributed by atoms with E-state index in [0.29, 0.717) is 6.54 Å². The molecule has 0 radical (unpaired) electrons. The van der Waals surface area contributed by atoms with E-state index in [9.17, 15) is 9.90 Å². The summed E-state index contributed by atoms with van der Waals surface area (Å²) in [6.45, 7) is 0.648. The Hall–Kier alpha value is -2.21. The van der Waals surface area contributed by atoms with Crippen molar-refractivity contribution in [2.24, 2.45) is 0 Å². The van der Waals surface area contributed by atoms with Crippen LogP contribution < -0.4 is 0 Å². The largest absolute Gasteiger partial charge is 0.394 e. The Balaban J connectivity index is 1.82. The number of amides is 1. The van der Waals surface area contributed by atoms with Gasteiger partial charge in [0, 0.05) is 6.54 Å². The molecule has 1 aliphatic rings. The van der Waals surface area contributed by atoms with Crippen molar-refractivity contribution in [3.8, 4) is 5.69 Å². The van der Waals surface area contributed by atoms with Crippen molar-refractivity contribution in [1.82, 2.24) is 19.7 Å². The van der Waals surface area contributed by atoms with Crippen molar-refractivity contribution in [2.75, 3.05) is 13.2 Å². The second-order valence-corrected chi connectivity index (χ2v) is 4.83. The third-order valence-corrected chi connectivity index (χ3v) is 3.55. The maximum atomic E-state index is 12.3. The number of hydrogen-bond donors (Lipinski definition) is 1. The number of benzene rings is 1. The molecule has 0 saturated carbocycles. The zero-order valence-corrected chi connectivity index (χ0v) is 11.0. The minimum Gasteiger partial charge on any atom is -0.394 e. The molecule has 1 aromatic heterocycles. The van der Waals surface area contributed by atoms with Crippen molar-refractivity contribution in [3.05, 3.63) is 42.5 Å². The van der Waals surface area contributed by atoms with Gasteiger partial charge in [-0.1, -0.05) is 18.2 Å². The van der Waals surface area contributed by atoms with Crippen molar-refractivity contribution >= 4 is 5.91 Å². The normalized spacial score (nSPS) is 18.4. The third-order valence-electron chi connectivity index (χ3n) is 3.55. The summed E-state index contributed by atoms with van der Waals surface area (Å²) < 4.78 is 1.58. The number of carbonyl (C=O) groups excluding carboxylic acids is 1. The molecule has 20 heavy (non-hydrogen) atoms. The van der Waals surface area contributed by atoms with Gasteiger partial charge in [-0.2, -0.15) is 0 Å². The molecular formula is C14H16N4O2. The van der Waals surface area contributed by atoms with E-state index in [2.05, 4.69) is 10.1 Å². The Morgan fingerprint density at radius 3 is 2.90 bits per heavy atom. The van der Waals surface area contributed by atoms with Crippen molar-refractivity contribution in [3.63, 3.8) is 0 Å². The second-order valence-electron chi connectivity index (χ2n) is 4.83. The summed E-state index contributed by atoms with van der Waals surface area (Å²) in [5, 5.41) is 13.5. The van der Waals surface area contributed by atoms with E-state index in [1.807, 2.05) is 30.3 Å². The fourth-order valence-corrected chi connectivity index (χ4v) is 2.49. The van der Waals surface area contributed by atoms with Crippen LogP contribution in [0.2, 0.25) is 0 Å². The fourth-order valence-electron chi connectivity index (χ4n) is 2.49. The van der Waals surface area contributed by atoms with Gasteiger partial charge in [0.05, 0.1) is 18.3 Å². The molecule has 1 atom stereocenters. The topological polar surface area (TPSA) is 71.2 Å². The molecule has 6 heteroatoms. The van der Waals surface area contributed by atoms with Gasteiger partial charge in [-0.3, -0.25) is 4.79 Å². The lowest BCUT2D eigenvalue weighted by atomic mass is 10.2. The molecule has 1 N–H and O–H groups in total. The molecule has 2 aromatic rings. The van der Waals surface area contributed by atoms with Crippen molar-refractivity contribution in [1.29, 1.82) is 0 Å². The predicted molar refractivity (Wildman–Crippen MR) is 72.5 cm³/mol. The van der Waals surface area contributed by atoms with Crippen LogP contribution in [0.15, 0.2) is 36.7 Å². The Morgan fingerprint density at radius 1 is 1.35 bits per heavy atom. The van der Waals surface area contributed by atoms with E-state index < -0.39 is 0 Å². The van der Waals surface area contributed by atoms with Crippen LogP contribution >= 0.6 is 0 Å². The highest BCUT2D eigenvalue weighted by atomic mass is 16.3. The fraction of sp³-hybridized carbons (Fsp3) is 0.357. The van der Waals surface area contributed by atoms with Crippen LogP contribution in [0.1, 0.15) is 23.5 Å². The number of para-hydroxylation sites is 1. The molecule has 1 aromatic carbocycles. The summed E-state index contributed by atoms with van der Waals surface area (Å²) in [5.41, 5.74) is 0.860. The van der Waals surface area contributed by atoms with Crippen molar-refractivity contribution < 1.29 is 9.90 Å². The van der Waals surface area contributed by atoms with Gasteiger partial charge >= 0.3 is 0 Å². The molecule has 0 aliphatic carbocycles. The lowest BCUT2D eigenvalue weighted by molar-refractivity contribution is 0.0665. The minimum absolute atomic E-state index is 0.00880. The number of nitrogens with zero attached hydrogens (tertiary/aromatic N) is 4. The standard InChI is InChI=1S/C14H16N4O2/c19-9-12-7-4-8-17(12)14(20)13-15-10-18(16-13)11-5-2-1-3-6-11/h1-3,5-6,10,12,19H,4,7-9H2/t12-/m1/s1. The highest BCUT2D eigenvalue weighted by Gasteiger charge is 2.30. The molecule has 0 bridgehead atoms. The van der Waals surface area contributed by atoms with E-state index in [1.54, 1.807) is 9.58 Å². The van der Waals surface area contributed by atoms with Gasteiger partial charge in [0.1, 0.15) is 6.33 Å². The first-order valence-electron chi connectivity index (χ1n) is 6.68. The molecule has 2 heterocycles. The average molecular weight is 272 g/mol. The van der Waals surface area contributed by atoms with Crippen LogP contribution in [0.3, 0.4) is 0 Å². The molecule has 1 fully saturated rings. The van der Waals surface area contributed by atoms with E-state index in [0.717, 1.165) is 18.5 Å². The van der Waals surface area contributed by atoms with Gasteiger partial charge in [0.15, 0.2) is 0 Å². The number of hydrogen-bond acceptors (Lipinski definition) is 4. The lowest BCUT2D eigenvalue weighted by Crippen LogP contribution is -2.38. The number of aliphatic hydroxyl groups excluding tert-OH is 1. The van der Waals surface area contributed by atoms with Crippen LogP contribution in [-0.4, -0.2) is 49.9 Å². The number of carbonyl (C=O) groups is 1. The molecule has 0 unspecified atom stereocenters. The van der Waals surface area contributed by atoms with E-state index >= 15 is 0 Å². The summed E-state index contributed by atoms with van der Waals surface area (Å²) in [4.78, 5) is 18.1. The third kappa shape index (κ3) is 2.30. The SMILES string of the molecule is O=C(c1ncn(-c2ccccc2)n1)N1CCC[C@@H]1CO. The lowest BCUT2D eigenvalue weighted by Gasteiger charge is -2.21. The summed E-state index contributed by atoms with van der Waals surface area (Å²) in [6, 6.07) is 9.42. The minimum atomic E-state index is -0.212. The summed E-state index contributed by atoms with van der Waals surface area (Å²) in [5.74, 6) is -0.0366. The van der Waals surface area contributed by atoms with Gasteiger partial charge < -0.3 is 10.0 Å². The highest BCUT2D eigenvalue weighted by Crippen LogP contribution is 2.18. The first-order valence-corrected chi connectivity index (χ1v) is 6.68. The highest BCUT2D eigenvalue weighted by molar-refractivity contribution is 5.90. The molecule has 1 saturated heterocycles. The van der Waals surface area contributed by atoms with Crippen molar-refractivity contribution in [2.45, 2.75) is 18.9 Å². The van der Waals surface area contributed by atoms with Gasteiger partial charge in [-0.15, -0.1) is 5.10 Å². The van der Waals surface area contributed by atoms with E-state index in [1.165, 1.54) is 6.33 Å². The van der Waals surface area contributed by atoms with Gasteiger partial charge in [0.2, 0.25) is 5.82 Å². The molecule has 104 valence electrons. The Kier molecular flexibility index (Phi) is 3.47. The number of aromatic nitrogens is 3. The van der Waals surface area contributed by atoms with Crippen LogP contribution in [0.25, 0.3) is 5.69 Å². The first-order chi connectivity index (χ1) is 9.79. The Morgan fingerprint density at radius 2 is 2.15 bits per heavy atom. The summed E-state index contributed by atoms with van der Waals surface area (Å²) in [6.07, 6.45) is 3.28. The smallest absolute Gasteiger partial charge is 0.293 e. The Bertz CT molecular complexity index is 596. The average Bonchev–Trinajstić information content (AvgIpc) is 3.16. The summed E-state index contributed by atoms with van der Waals surface area (Å²) >= 11 is 0. The molecular weight excluding hydrogens is 256 g/mol. The van der Waals surface area contributed by atoms with Gasteiger partial charge in [0.25, 0.3) is 5.91 Å². The number of aliphatic hydroxyl groups is 1. The van der Waals surface area contributed by atoms with Crippen LogP contribution in [0.4, 0.5) is 0 Å². The van der Waals surface area contributed by atoms with E-state index in [-0.39, 0.29) is 24.4 Å². The van der Waals surface area contributed by atoms with Crippen LogP contribution in [-0.2, 0) is 0 Å². The first kappa shape index (κ1) is 12.8. The van der Waals surface area contributed by atoms with Gasteiger partial charge in [-0.25, -0.2) is 9.67 Å². The molecule has 1 aliphatic heterocycles. The Labute approximate surface area is 116 Å². The zero-order valence-electron chi connectivity index (χ0n) is 11.0. The molecule has 1 amide bonds. The number of likely N-dealkylation sites (tertiary alicyclic amines) is 1. The molecule has 6 nitrogen and oxygen atoms in total.